The average Bonchev–Trinajstić information content (AvgIpc) is 2.43. The molecular weight excluding hydrogens is 275 g/mol. The summed E-state index contributed by atoms with van der Waals surface area (Å²) in [5.41, 5.74) is 0.979. The first-order valence-electron chi connectivity index (χ1n) is 6.94. The van der Waals surface area contributed by atoms with Crippen LogP contribution >= 0.6 is 0 Å². The molecule has 1 atom stereocenters. The van der Waals surface area contributed by atoms with E-state index in [1.807, 2.05) is 13.8 Å². The van der Waals surface area contributed by atoms with Gasteiger partial charge in [0.05, 0.1) is 12.6 Å². The van der Waals surface area contributed by atoms with Crippen molar-refractivity contribution in [3.63, 3.8) is 0 Å². The largest absolute Gasteiger partial charge is 0.394 e. The number of ether oxygens (including phenoxy) is 1. The van der Waals surface area contributed by atoms with E-state index < -0.39 is 12.1 Å². The fourth-order valence-electron chi connectivity index (χ4n) is 1.89. The molecule has 0 bridgehead atoms. The normalized spacial score (nSPS) is 12.3. The lowest BCUT2D eigenvalue weighted by molar-refractivity contribution is 0.161. The van der Waals surface area contributed by atoms with E-state index in [4.69, 9.17) is 9.84 Å². The molecule has 0 radical (unpaired) electrons. The zero-order chi connectivity index (χ0) is 15.8. The van der Waals surface area contributed by atoms with Crippen LogP contribution in [0.15, 0.2) is 18.2 Å². The van der Waals surface area contributed by atoms with E-state index in [2.05, 4.69) is 10.6 Å². The van der Waals surface area contributed by atoms with Crippen LogP contribution in [0.4, 0.5) is 14.9 Å². The first kappa shape index (κ1) is 17.4. The molecule has 118 valence electrons. The van der Waals surface area contributed by atoms with E-state index in [0.717, 1.165) is 0 Å². The third-order valence-electron chi connectivity index (χ3n) is 3.11. The van der Waals surface area contributed by atoms with Crippen LogP contribution < -0.4 is 10.6 Å². The minimum Gasteiger partial charge on any atom is -0.394 e. The van der Waals surface area contributed by atoms with Crippen LogP contribution in [0.3, 0.4) is 0 Å². The fourth-order valence-corrected chi connectivity index (χ4v) is 1.89. The number of benzene rings is 1. The number of carbonyl (C=O) groups excluding carboxylic acids is 1. The lowest BCUT2D eigenvalue weighted by Crippen LogP contribution is -2.40. The van der Waals surface area contributed by atoms with Crippen molar-refractivity contribution < 1.29 is 19.0 Å². The molecule has 0 aliphatic rings. The molecule has 0 aromatic heterocycles. The smallest absolute Gasteiger partial charge is 0.319 e. The SMILES string of the molecule is COCC[C@H](CO)NC(=O)Nc1ccc(C(C)C)c(F)c1. The first-order chi connectivity index (χ1) is 9.97. The van der Waals surface area contributed by atoms with Crippen LogP contribution in [0.1, 0.15) is 31.7 Å². The van der Waals surface area contributed by atoms with Crippen LogP contribution in [0.25, 0.3) is 0 Å². The fraction of sp³-hybridized carbons (Fsp3) is 0.533. The number of amides is 2. The minimum absolute atomic E-state index is 0.0840. The quantitative estimate of drug-likeness (QED) is 0.724. The summed E-state index contributed by atoms with van der Waals surface area (Å²) in [4.78, 5) is 11.8. The van der Waals surface area contributed by atoms with Crippen molar-refractivity contribution >= 4 is 11.7 Å². The van der Waals surface area contributed by atoms with E-state index in [-0.39, 0.29) is 18.3 Å². The van der Waals surface area contributed by atoms with Crippen molar-refractivity contribution in [2.75, 3.05) is 25.6 Å². The molecule has 0 aliphatic heterocycles. The average molecular weight is 298 g/mol. The topological polar surface area (TPSA) is 70.6 Å². The van der Waals surface area contributed by atoms with Gasteiger partial charge in [-0.05, 0) is 30.0 Å². The Labute approximate surface area is 124 Å². The molecule has 0 saturated heterocycles. The van der Waals surface area contributed by atoms with Gasteiger partial charge in [-0.25, -0.2) is 9.18 Å². The number of aliphatic hydroxyl groups is 1. The van der Waals surface area contributed by atoms with Crippen LogP contribution in [0.2, 0.25) is 0 Å². The monoisotopic (exact) mass is 298 g/mol. The highest BCUT2D eigenvalue weighted by Gasteiger charge is 2.12. The predicted molar refractivity (Wildman–Crippen MR) is 80.0 cm³/mol. The van der Waals surface area contributed by atoms with Gasteiger partial charge in [-0.1, -0.05) is 19.9 Å². The second-order valence-electron chi connectivity index (χ2n) is 5.15. The number of anilines is 1. The maximum atomic E-state index is 13.8. The third-order valence-corrected chi connectivity index (χ3v) is 3.11. The summed E-state index contributed by atoms with van der Waals surface area (Å²) in [6, 6.07) is 3.72. The molecule has 0 fully saturated rings. The second-order valence-corrected chi connectivity index (χ2v) is 5.15. The number of carbonyl (C=O) groups is 1. The van der Waals surface area contributed by atoms with Gasteiger partial charge >= 0.3 is 6.03 Å². The van der Waals surface area contributed by atoms with Crippen LogP contribution in [0.5, 0.6) is 0 Å². The maximum Gasteiger partial charge on any atom is 0.319 e. The minimum atomic E-state index is -0.484. The van der Waals surface area contributed by atoms with Gasteiger partial charge in [0.1, 0.15) is 5.82 Å². The predicted octanol–water partition coefficient (Wildman–Crippen LogP) is 2.47. The molecule has 0 saturated carbocycles. The first-order valence-corrected chi connectivity index (χ1v) is 6.94. The molecule has 5 nitrogen and oxygen atoms in total. The summed E-state index contributed by atoms with van der Waals surface area (Å²) in [5, 5.41) is 14.3. The van der Waals surface area contributed by atoms with Gasteiger partial charge in [-0.15, -0.1) is 0 Å². The zero-order valence-corrected chi connectivity index (χ0v) is 12.6. The molecule has 2 amide bonds. The molecule has 3 N–H and O–H groups in total. The van der Waals surface area contributed by atoms with Crippen molar-refractivity contribution in [2.45, 2.75) is 32.2 Å². The van der Waals surface area contributed by atoms with E-state index in [9.17, 15) is 9.18 Å². The summed E-state index contributed by atoms with van der Waals surface area (Å²) in [5.74, 6) is -0.262. The second kappa shape index (κ2) is 8.59. The van der Waals surface area contributed by atoms with Crippen LogP contribution in [-0.4, -0.2) is 37.5 Å². The van der Waals surface area contributed by atoms with E-state index in [1.165, 1.54) is 6.07 Å². The van der Waals surface area contributed by atoms with Crippen molar-refractivity contribution in [1.29, 1.82) is 0 Å². The number of aliphatic hydroxyl groups excluding tert-OH is 1. The van der Waals surface area contributed by atoms with Crippen LogP contribution in [-0.2, 0) is 4.74 Å². The van der Waals surface area contributed by atoms with Gasteiger partial charge in [0.25, 0.3) is 0 Å². The number of hydrogen-bond donors (Lipinski definition) is 3. The third kappa shape index (κ3) is 5.69. The van der Waals surface area contributed by atoms with E-state index in [1.54, 1.807) is 19.2 Å². The molecule has 21 heavy (non-hydrogen) atoms. The highest BCUT2D eigenvalue weighted by atomic mass is 19.1. The number of rotatable bonds is 7. The standard InChI is InChI=1S/C15H23FN2O3/c1-10(2)13-5-4-11(8-14(13)16)17-15(20)18-12(9-19)6-7-21-3/h4-5,8,10,12,19H,6-7,9H2,1-3H3,(H2,17,18,20)/t12-/m1/s1. The summed E-state index contributed by atoms with van der Waals surface area (Å²) >= 11 is 0. The van der Waals surface area contributed by atoms with Crippen molar-refractivity contribution in [3.05, 3.63) is 29.6 Å². The summed E-state index contributed by atoms with van der Waals surface area (Å²) in [7, 11) is 1.55. The Morgan fingerprint density at radius 2 is 2.14 bits per heavy atom. The lowest BCUT2D eigenvalue weighted by atomic mass is 10.0. The summed E-state index contributed by atoms with van der Waals surface area (Å²) in [6.07, 6.45) is 0.501. The number of halogens is 1. The van der Waals surface area contributed by atoms with Gasteiger partial charge in [0.15, 0.2) is 0 Å². The van der Waals surface area contributed by atoms with Gasteiger partial charge in [0.2, 0.25) is 0 Å². The molecule has 1 rings (SSSR count). The zero-order valence-electron chi connectivity index (χ0n) is 12.6. The Kier molecular flexibility index (Phi) is 7.11. The van der Waals surface area contributed by atoms with Gasteiger partial charge in [-0.3, -0.25) is 0 Å². The highest BCUT2D eigenvalue weighted by molar-refractivity contribution is 5.89. The van der Waals surface area contributed by atoms with Gasteiger partial charge in [-0.2, -0.15) is 0 Å². The maximum absolute atomic E-state index is 13.8. The van der Waals surface area contributed by atoms with Gasteiger partial charge < -0.3 is 20.5 Å². The molecule has 0 unspecified atom stereocenters. The van der Waals surface area contributed by atoms with E-state index >= 15 is 0 Å². The Balaban J connectivity index is 2.60. The number of methoxy groups -OCH3 is 1. The highest BCUT2D eigenvalue weighted by Crippen LogP contribution is 2.21. The number of hydrogen-bond acceptors (Lipinski definition) is 3. The molecule has 0 spiro atoms. The summed E-state index contributed by atoms with van der Waals surface area (Å²) < 4.78 is 18.7. The van der Waals surface area contributed by atoms with Crippen molar-refractivity contribution in [2.24, 2.45) is 0 Å². The molecule has 0 heterocycles. The molecular formula is C15H23FN2O3. The molecule has 6 heteroatoms. The number of urea groups is 1. The summed E-state index contributed by atoms with van der Waals surface area (Å²) in [6.45, 7) is 4.06. The van der Waals surface area contributed by atoms with E-state index in [0.29, 0.717) is 24.3 Å². The number of nitrogens with one attached hydrogen (secondary N) is 2. The van der Waals surface area contributed by atoms with Crippen LogP contribution in [0, 0.1) is 5.82 Å². The molecule has 0 aliphatic carbocycles. The van der Waals surface area contributed by atoms with Crippen molar-refractivity contribution in [1.82, 2.24) is 5.32 Å². The Hall–Kier alpha value is -1.66. The Morgan fingerprint density at radius 3 is 2.67 bits per heavy atom. The van der Waals surface area contributed by atoms with Gasteiger partial charge in [0, 0.05) is 19.4 Å². The molecule has 1 aromatic carbocycles. The lowest BCUT2D eigenvalue weighted by Gasteiger charge is -2.16. The molecule has 1 aromatic rings. The Bertz CT molecular complexity index is 466. The Morgan fingerprint density at radius 1 is 1.43 bits per heavy atom. The van der Waals surface area contributed by atoms with Crippen molar-refractivity contribution in [3.8, 4) is 0 Å².